The van der Waals surface area contributed by atoms with Gasteiger partial charge in [0.05, 0.1) is 12.7 Å². The van der Waals surface area contributed by atoms with Crippen LogP contribution in [0.5, 0.6) is 5.75 Å². The molecule has 106 valence electrons. The Labute approximate surface area is 114 Å². The van der Waals surface area contributed by atoms with Crippen molar-refractivity contribution in [2.24, 2.45) is 0 Å². The number of nitrogens with one attached hydrogen (secondary N) is 1. The number of amides is 2. The summed E-state index contributed by atoms with van der Waals surface area (Å²) < 4.78 is 5.33. The standard InChI is InChI=1S/C14H22N2O3/c1-4-19-13-7-5-12(6-8-13)15-14(18)16(3)10-9-11(2)17/h5-8,11,17H,4,9-10H2,1-3H3,(H,15,18). The van der Waals surface area contributed by atoms with Crippen LogP contribution in [0.4, 0.5) is 10.5 Å². The fourth-order valence-electron chi connectivity index (χ4n) is 1.50. The zero-order valence-electron chi connectivity index (χ0n) is 11.7. The van der Waals surface area contributed by atoms with E-state index in [0.29, 0.717) is 19.6 Å². The van der Waals surface area contributed by atoms with Gasteiger partial charge in [0.25, 0.3) is 0 Å². The number of urea groups is 1. The zero-order valence-corrected chi connectivity index (χ0v) is 11.7. The third-order valence-corrected chi connectivity index (χ3v) is 2.65. The molecular formula is C14H22N2O3. The van der Waals surface area contributed by atoms with E-state index in [1.807, 2.05) is 19.1 Å². The van der Waals surface area contributed by atoms with Gasteiger partial charge in [-0.2, -0.15) is 0 Å². The van der Waals surface area contributed by atoms with Crippen LogP contribution in [0.15, 0.2) is 24.3 Å². The Balaban J connectivity index is 2.47. The van der Waals surface area contributed by atoms with Gasteiger partial charge in [0.2, 0.25) is 0 Å². The first kappa shape index (κ1) is 15.3. The summed E-state index contributed by atoms with van der Waals surface area (Å²) in [4.78, 5) is 13.4. The van der Waals surface area contributed by atoms with Crippen molar-refractivity contribution in [2.75, 3.05) is 25.5 Å². The number of nitrogens with zero attached hydrogens (tertiary/aromatic N) is 1. The molecule has 1 atom stereocenters. The van der Waals surface area contributed by atoms with Crippen molar-refractivity contribution >= 4 is 11.7 Å². The van der Waals surface area contributed by atoms with Crippen LogP contribution < -0.4 is 10.1 Å². The van der Waals surface area contributed by atoms with E-state index >= 15 is 0 Å². The maximum atomic E-state index is 11.8. The predicted octanol–water partition coefficient (Wildman–Crippen LogP) is 2.32. The number of carbonyl (C=O) groups is 1. The minimum Gasteiger partial charge on any atom is -0.494 e. The monoisotopic (exact) mass is 266 g/mol. The average molecular weight is 266 g/mol. The minimum absolute atomic E-state index is 0.190. The van der Waals surface area contributed by atoms with E-state index in [4.69, 9.17) is 4.74 Å². The number of hydrogen-bond donors (Lipinski definition) is 2. The number of ether oxygens (including phenoxy) is 1. The first-order valence-electron chi connectivity index (χ1n) is 6.46. The summed E-state index contributed by atoms with van der Waals surface area (Å²) >= 11 is 0. The van der Waals surface area contributed by atoms with Crippen LogP contribution >= 0.6 is 0 Å². The maximum Gasteiger partial charge on any atom is 0.321 e. The Hall–Kier alpha value is -1.75. The molecule has 5 nitrogen and oxygen atoms in total. The van der Waals surface area contributed by atoms with E-state index in [1.165, 1.54) is 0 Å². The molecule has 19 heavy (non-hydrogen) atoms. The summed E-state index contributed by atoms with van der Waals surface area (Å²) in [5.41, 5.74) is 0.720. The number of aliphatic hydroxyl groups is 1. The number of benzene rings is 1. The Morgan fingerprint density at radius 3 is 2.58 bits per heavy atom. The van der Waals surface area contributed by atoms with Gasteiger partial charge in [-0.15, -0.1) is 0 Å². The van der Waals surface area contributed by atoms with Crippen molar-refractivity contribution in [2.45, 2.75) is 26.4 Å². The molecular weight excluding hydrogens is 244 g/mol. The molecule has 0 saturated heterocycles. The van der Waals surface area contributed by atoms with E-state index in [-0.39, 0.29) is 6.03 Å². The highest BCUT2D eigenvalue weighted by Crippen LogP contribution is 2.15. The molecule has 1 unspecified atom stereocenters. The van der Waals surface area contributed by atoms with E-state index in [9.17, 15) is 9.90 Å². The molecule has 5 heteroatoms. The van der Waals surface area contributed by atoms with E-state index in [2.05, 4.69) is 5.32 Å². The van der Waals surface area contributed by atoms with Gasteiger partial charge in [0, 0.05) is 19.3 Å². The largest absolute Gasteiger partial charge is 0.494 e. The topological polar surface area (TPSA) is 61.8 Å². The number of carbonyl (C=O) groups excluding carboxylic acids is 1. The second-order valence-electron chi connectivity index (χ2n) is 4.45. The molecule has 0 bridgehead atoms. The number of hydrogen-bond acceptors (Lipinski definition) is 3. The van der Waals surface area contributed by atoms with Crippen molar-refractivity contribution in [3.05, 3.63) is 24.3 Å². The molecule has 0 saturated carbocycles. The van der Waals surface area contributed by atoms with Gasteiger partial charge in [-0.3, -0.25) is 0 Å². The van der Waals surface area contributed by atoms with Crippen molar-refractivity contribution < 1.29 is 14.6 Å². The van der Waals surface area contributed by atoms with Gasteiger partial charge in [-0.25, -0.2) is 4.79 Å². The third kappa shape index (κ3) is 5.61. The molecule has 0 aliphatic carbocycles. The SMILES string of the molecule is CCOc1ccc(NC(=O)N(C)CCC(C)O)cc1. The third-order valence-electron chi connectivity index (χ3n) is 2.65. The number of aliphatic hydroxyl groups excluding tert-OH is 1. The van der Waals surface area contributed by atoms with Crippen LogP contribution in [-0.4, -0.2) is 42.3 Å². The molecule has 0 heterocycles. The fourth-order valence-corrected chi connectivity index (χ4v) is 1.50. The molecule has 1 aromatic carbocycles. The highest BCUT2D eigenvalue weighted by molar-refractivity contribution is 5.89. The second-order valence-corrected chi connectivity index (χ2v) is 4.45. The van der Waals surface area contributed by atoms with Crippen molar-refractivity contribution in [1.82, 2.24) is 4.90 Å². The van der Waals surface area contributed by atoms with Crippen molar-refractivity contribution in [3.63, 3.8) is 0 Å². The smallest absolute Gasteiger partial charge is 0.321 e. The van der Waals surface area contributed by atoms with Gasteiger partial charge in [0.15, 0.2) is 0 Å². The lowest BCUT2D eigenvalue weighted by Crippen LogP contribution is -2.33. The van der Waals surface area contributed by atoms with Crippen molar-refractivity contribution in [1.29, 1.82) is 0 Å². The Morgan fingerprint density at radius 1 is 1.42 bits per heavy atom. The van der Waals surface area contributed by atoms with Crippen LogP contribution in [0.2, 0.25) is 0 Å². The molecule has 0 aliphatic rings. The van der Waals surface area contributed by atoms with Crippen LogP contribution in [0.1, 0.15) is 20.3 Å². The summed E-state index contributed by atoms with van der Waals surface area (Å²) in [7, 11) is 1.70. The van der Waals surface area contributed by atoms with E-state index in [1.54, 1.807) is 31.0 Å². The maximum absolute atomic E-state index is 11.8. The molecule has 0 aliphatic heterocycles. The molecule has 2 amide bonds. The summed E-state index contributed by atoms with van der Waals surface area (Å²) in [6.07, 6.45) is 0.161. The van der Waals surface area contributed by atoms with Gasteiger partial charge in [-0.05, 0) is 44.5 Å². The van der Waals surface area contributed by atoms with Crippen LogP contribution in [-0.2, 0) is 0 Å². The van der Waals surface area contributed by atoms with Crippen LogP contribution in [0.3, 0.4) is 0 Å². The van der Waals surface area contributed by atoms with E-state index in [0.717, 1.165) is 11.4 Å². The molecule has 0 aromatic heterocycles. The summed E-state index contributed by atoms with van der Waals surface area (Å²) in [6, 6.07) is 7.03. The highest BCUT2D eigenvalue weighted by atomic mass is 16.5. The summed E-state index contributed by atoms with van der Waals surface area (Å²) in [5, 5.41) is 12.0. The molecule has 1 rings (SSSR count). The molecule has 0 radical (unpaired) electrons. The summed E-state index contributed by atoms with van der Waals surface area (Å²) in [6.45, 7) is 4.76. The van der Waals surface area contributed by atoms with Crippen LogP contribution in [0.25, 0.3) is 0 Å². The van der Waals surface area contributed by atoms with Gasteiger partial charge in [-0.1, -0.05) is 0 Å². The Kier molecular flexibility index (Phi) is 6.15. The van der Waals surface area contributed by atoms with Gasteiger partial charge in [0.1, 0.15) is 5.75 Å². The first-order valence-corrected chi connectivity index (χ1v) is 6.46. The normalized spacial score (nSPS) is 11.8. The predicted molar refractivity (Wildman–Crippen MR) is 75.6 cm³/mol. The molecule has 0 fully saturated rings. The molecule has 2 N–H and O–H groups in total. The quantitative estimate of drug-likeness (QED) is 0.830. The first-order chi connectivity index (χ1) is 9.02. The highest BCUT2D eigenvalue weighted by Gasteiger charge is 2.09. The lowest BCUT2D eigenvalue weighted by molar-refractivity contribution is 0.167. The number of rotatable bonds is 6. The lowest BCUT2D eigenvalue weighted by Gasteiger charge is -2.18. The Bertz CT molecular complexity index is 390. The van der Waals surface area contributed by atoms with Gasteiger partial charge < -0.3 is 20.1 Å². The minimum atomic E-state index is -0.402. The Morgan fingerprint density at radius 2 is 2.05 bits per heavy atom. The average Bonchev–Trinajstić information content (AvgIpc) is 2.38. The molecule has 0 spiro atoms. The molecule has 1 aromatic rings. The fraction of sp³-hybridized carbons (Fsp3) is 0.500. The van der Waals surface area contributed by atoms with Crippen LogP contribution in [0, 0.1) is 0 Å². The van der Waals surface area contributed by atoms with Gasteiger partial charge >= 0.3 is 6.03 Å². The zero-order chi connectivity index (χ0) is 14.3. The summed E-state index contributed by atoms with van der Waals surface area (Å²) in [5.74, 6) is 0.781. The van der Waals surface area contributed by atoms with E-state index < -0.39 is 6.10 Å². The number of anilines is 1. The second kappa shape index (κ2) is 7.63. The van der Waals surface area contributed by atoms with Crippen molar-refractivity contribution in [3.8, 4) is 5.75 Å². The lowest BCUT2D eigenvalue weighted by atomic mass is 10.3.